The Morgan fingerprint density at radius 2 is 1.63 bits per heavy atom. The number of aliphatic hydroxyl groups excluding tert-OH is 1. The number of piperidine rings is 1. The average Bonchev–Trinajstić information content (AvgIpc) is 2.93. The van der Waals surface area contributed by atoms with Crippen LogP contribution >= 0.6 is 0 Å². The largest absolute Gasteiger partial charge is 0.457 e. The number of unbranched alkanes of at least 4 members (excludes halogenated alkanes) is 1. The van der Waals surface area contributed by atoms with E-state index in [1.54, 1.807) is 29.2 Å². The minimum absolute atomic E-state index is 0.144. The molecule has 2 aromatic carbocycles. The van der Waals surface area contributed by atoms with Crippen LogP contribution in [0.2, 0.25) is 0 Å². The number of piperazine rings is 1. The van der Waals surface area contributed by atoms with E-state index in [-0.39, 0.29) is 17.7 Å². The zero-order valence-electron chi connectivity index (χ0n) is 24.3. The topological polar surface area (TPSA) is 128 Å². The van der Waals surface area contributed by atoms with Gasteiger partial charge in [0.15, 0.2) is 0 Å². The van der Waals surface area contributed by atoms with Crippen molar-refractivity contribution in [2.75, 3.05) is 30.6 Å². The normalized spacial score (nSPS) is 20.2. The van der Waals surface area contributed by atoms with Crippen LogP contribution in [-0.2, 0) is 26.2 Å². The first-order valence-corrected chi connectivity index (χ1v) is 16.2. The number of amides is 2. The molecule has 2 aromatic rings. The van der Waals surface area contributed by atoms with Crippen LogP contribution in [0.15, 0.2) is 48.5 Å². The third kappa shape index (κ3) is 7.38. The molecule has 2 unspecified atom stereocenters. The van der Waals surface area contributed by atoms with Crippen molar-refractivity contribution >= 4 is 27.5 Å². The van der Waals surface area contributed by atoms with Crippen molar-refractivity contribution in [2.24, 2.45) is 5.92 Å². The summed E-state index contributed by atoms with van der Waals surface area (Å²) >= 11 is 0. The first-order valence-electron chi connectivity index (χ1n) is 14.3. The van der Waals surface area contributed by atoms with Crippen molar-refractivity contribution in [2.45, 2.75) is 70.7 Å². The summed E-state index contributed by atoms with van der Waals surface area (Å²) in [6.45, 7) is 8.33. The monoisotopic (exact) mass is 586 g/mol. The number of likely N-dealkylation sites (tertiary alicyclic amines) is 1. The van der Waals surface area contributed by atoms with Crippen LogP contribution in [0, 0.1) is 5.92 Å². The summed E-state index contributed by atoms with van der Waals surface area (Å²) in [4.78, 5) is 31.0. The van der Waals surface area contributed by atoms with Gasteiger partial charge in [-0.3, -0.25) is 19.2 Å². The van der Waals surface area contributed by atoms with E-state index in [0.717, 1.165) is 24.7 Å². The van der Waals surface area contributed by atoms with E-state index in [0.29, 0.717) is 56.2 Å². The fraction of sp³-hybridized carbons (Fsp3) is 0.533. The summed E-state index contributed by atoms with van der Waals surface area (Å²) in [5.74, 6) is 0.782. The van der Waals surface area contributed by atoms with Gasteiger partial charge in [-0.05, 0) is 67.1 Å². The van der Waals surface area contributed by atoms with Crippen LogP contribution in [0.4, 0.5) is 5.69 Å². The smallest absolute Gasteiger partial charge is 0.248 e. The Kier molecular flexibility index (Phi) is 9.61. The SMILES string of the molecule is CCCCN1C(=O)C(C(O)C(C)C)NC(=O)C12CCN(Cc1ccc(Oc3ccc(NS(C)(=O)=O)cc3)cc1)CC2. The Morgan fingerprint density at radius 3 is 2.17 bits per heavy atom. The molecule has 0 aliphatic carbocycles. The number of rotatable bonds is 11. The van der Waals surface area contributed by atoms with E-state index in [1.807, 2.05) is 38.1 Å². The molecule has 0 saturated carbocycles. The number of sulfonamides is 1. The van der Waals surface area contributed by atoms with Gasteiger partial charge in [0.1, 0.15) is 23.1 Å². The van der Waals surface area contributed by atoms with Gasteiger partial charge in [-0.25, -0.2) is 8.42 Å². The first kappa shape index (κ1) is 30.8. The fourth-order valence-corrected chi connectivity index (χ4v) is 6.10. The molecule has 0 radical (unpaired) electrons. The minimum Gasteiger partial charge on any atom is -0.457 e. The first-order chi connectivity index (χ1) is 19.4. The molecule has 2 aliphatic rings. The number of benzene rings is 2. The van der Waals surface area contributed by atoms with E-state index in [2.05, 4.69) is 21.9 Å². The zero-order chi connectivity index (χ0) is 29.8. The van der Waals surface area contributed by atoms with E-state index < -0.39 is 27.7 Å². The standard InChI is InChI=1S/C30H42N4O6S/c1-5-6-17-34-28(36)26(27(35)21(2)3)31-29(37)30(34)15-18-33(19-16-30)20-22-7-11-24(12-8-22)40-25-13-9-23(10-14-25)32-41(4,38)39/h7-14,21,26-27,32,35H,5-6,15-20H2,1-4H3,(H,31,37). The van der Waals surface area contributed by atoms with Crippen LogP contribution in [-0.4, -0.2) is 78.7 Å². The number of hydrogen-bond donors (Lipinski definition) is 3. The van der Waals surface area contributed by atoms with Gasteiger partial charge in [-0.15, -0.1) is 0 Å². The number of carbonyl (C=O) groups is 2. The van der Waals surface area contributed by atoms with Crippen LogP contribution in [0.25, 0.3) is 0 Å². The molecule has 2 heterocycles. The summed E-state index contributed by atoms with van der Waals surface area (Å²) in [5.41, 5.74) is 0.697. The quantitative estimate of drug-likeness (QED) is 0.369. The van der Waals surface area contributed by atoms with Gasteiger partial charge in [-0.1, -0.05) is 39.3 Å². The van der Waals surface area contributed by atoms with Crippen LogP contribution < -0.4 is 14.8 Å². The Morgan fingerprint density at radius 1 is 1.05 bits per heavy atom. The van der Waals surface area contributed by atoms with Crippen molar-refractivity contribution in [1.82, 2.24) is 15.1 Å². The molecule has 2 atom stereocenters. The number of aliphatic hydroxyl groups is 1. The number of ether oxygens (including phenoxy) is 1. The maximum Gasteiger partial charge on any atom is 0.248 e. The van der Waals surface area contributed by atoms with Crippen LogP contribution in [0.1, 0.15) is 52.0 Å². The molecule has 224 valence electrons. The van der Waals surface area contributed by atoms with E-state index >= 15 is 0 Å². The van der Waals surface area contributed by atoms with Crippen molar-refractivity contribution in [3.63, 3.8) is 0 Å². The Bertz CT molecular complexity index is 1310. The van der Waals surface area contributed by atoms with Gasteiger partial charge < -0.3 is 20.1 Å². The maximum atomic E-state index is 13.5. The third-order valence-corrected chi connectivity index (χ3v) is 8.53. The molecular weight excluding hydrogens is 544 g/mol. The molecule has 10 nitrogen and oxygen atoms in total. The predicted octanol–water partition coefficient (Wildman–Crippen LogP) is 3.33. The lowest BCUT2D eigenvalue weighted by Gasteiger charge is -2.52. The van der Waals surface area contributed by atoms with Gasteiger partial charge in [0.25, 0.3) is 0 Å². The number of anilines is 1. The van der Waals surface area contributed by atoms with E-state index in [1.165, 1.54) is 0 Å². The summed E-state index contributed by atoms with van der Waals surface area (Å²) in [6, 6.07) is 13.6. The second-order valence-corrected chi connectivity index (χ2v) is 13.2. The lowest BCUT2D eigenvalue weighted by Crippen LogP contribution is -2.74. The van der Waals surface area contributed by atoms with Gasteiger partial charge in [0.2, 0.25) is 21.8 Å². The van der Waals surface area contributed by atoms with Crippen molar-refractivity contribution in [1.29, 1.82) is 0 Å². The Hall–Kier alpha value is -3.15. The van der Waals surface area contributed by atoms with E-state index in [4.69, 9.17) is 4.74 Å². The Balaban J connectivity index is 1.36. The maximum absolute atomic E-state index is 13.5. The highest BCUT2D eigenvalue weighted by Gasteiger charge is 2.54. The Labute approximate surface area is 243 Å². The molecule has 11 heteroatoms. The van der Waals surface area contributed by atoms with Gasteiger partial charge in [0, 0.05) is 31.9 Å². The lowest BCUT2D eigenvalue weighted by molar-refractivity contribution is -0.165. The molecule has 0 bridgehead atoms. The molecule has 4 rings (SSSR count). The van der Waals surface area contributed by atoms with Crippen LogP contribution in [0.3, 0.4) is 0 Å². The number of carbonyl (C=O) groups excluding carboxylic acids is 2. The highest BCUT2D eigenvalue weighted by Crippen LogP contribution is 2.35. The molecule has 3 N–H and O–H groups in total. The third-order valence-electron chi connectivity index (χ3n) is 7.92. The average molecular weight is 587 g/mol. The highest BCUT2D eigenvalue weighted by molar-refractivity contribution is 7.92. The molecule has 1 spiro atoms. The predicted molar refractivity (Wildman–Crippen MR) is 158 cm³/mol. The molecule has 41 heavy (non-hydrogen) atoms. The second-order valence-electron chi connectivity index (χ2n) is 11.5. The molecule has 2 aliphatic heterocycles. The minimum atomic E-state index is -3.34. The number of hydrogen-bond acceptors (Lipinski definition) is 7. The fourth-order valence-electron chi connectivity index (χ4n) is 5.54. The van der Waals surface area contributed by atoms with Gasteiger partial charge in [-0.2, -0.15) is 0 Å². The summed E-state index contributed by atoms with van der Waals surface area (Å²) < 4.78 is 31.1. The summed E-state index contributed by atoms with van der Waals surface area (Å²) in [5, 5.41) is 13.5. The summed E-state index contributed by atoms with van der Waals surface area (Å²) in [7, 11) is -3.34. The number of nitrogens with one attached hydrogen (secondary N) is 2. The highest BCUT2D eigenvalue weighted by atomic mass is 32.2. The molecule has 2 saturated heterocycles. The summed E-state index contributed by atoms with van der Waals surface area (Å²) in [6.07, 6.45) is 3.00. The van der Waals surface area contributed by atoms with Gasteiger partial charge in [0.05, 0.1) is 12.4 Å². The van der Waals surface area contributed by atoms with Crippen LogP contribution in [0.5, 0.6) is 11.5 Å². The zero-order valence-corrected chi connectivity index (χ0v) is 25.1. The van der Waals surface area contributed by atoms with Gasteiger partial charge >= 0.3 is 0 Å². The molecule has 0 aromatic heterocycles. The van der Waals surface area contributed by atoms with Crippen molar-refractivity contribution < 1.29 is 27.9 Å². The second kappa shape index (κ2) is 12.8. The van der Waals surface area contributed by atoms with Crippen molar-refractivity contribution in [3.8, 4) is 11.5 Å². The van der Waals surface area contributed by atoms with E-state index in [9.17, 15) is 23.1 Å². The number of nitrogens with zero attached hydrogens (tertiary/aromatic N) is 2. The molecular formula is C30H42N4O6S. The molecule has 2 fully saturated rings. The molecule has 2 amide bonds. The lowest BCUT2D eigenvalue weighted by atomic mass is 9.80. The van der Waals surface area contributed by atoms with Crippen molar-refractivity contribution in [3.05, 3.63) is 54.1 Å².